The van der Waals surface area contributed by atoms with Crippen LogP contribution in [0.2, 0.25) is 5.15 Å². The number of hydrogen-bond acceptors (Lipinski definition) is 7. The lowest BCUT2D eigenvalue weighted by atomic mass is 10.2. The number of amides is 1. The maximum absolute atomic E-state index is 11.7. The van der Waals surface area contributed by atoms with Crippen LogP contribution in [0.3, 0.4) is 0 Å². The second kappa shape index (κ2) is 8.59. The predicted octanol–water partition coefficient (Wildman–Crippen LogP) is 2.08. The van der Waals surface area contributed by atoms with Crippen LogP contribution in [0.4, 0.5) is 5.95 Å². The van der Waals surface area contributed by atoms with Gasteiger partial charge in [-0.05, 0) is 12.8 Å². The Morgan fingerprint density at radius 1 is 1.37 bits per heavy atom. The molecule has 0 fully saturated rings. The minimum atomic E-state index is -4.47. The number of ether oxygens (including phenoxy) is 2. The fourth-order valence-electron chi connectivity index (χ4n) is 2.45. The summed E-state index contributed by atoms with van der Waals surface area (Å²) in [5.74, 6) is -0.329. The highest BCUT2D eigenvalue weighted by molar-refractivity contribution is 7.53. The van der Waals surface area contributed by atoms with E-state index < -0.39 is 12.9 Å². The zero-order valence-electron chi connectivity index (χ0n) is 15.0. The molecule has 2 aromatic heterocycles. The monoisotopic (exact) mass is 421 g/mol. The summed E-state index contributed by atoms with van der Waals surface area (Å²) < 4.78 is 23.9. The van der Waals surface area contributed by atoms with Gasteiger partial charge in [0.25, 0.3) is 0 Å². The minimum absolute atomic E-state index is 0.0236. The topological polar surface area (TPSA) is 149 Å². The van der Waals surface area contributed by atoms with E-state index >= 15 is 0 Å². The summed E-state index contributed by atoms with van der Waals surface area (Å²) in [6, 6.07) is 0. The van der Waals surface area contributed by atoms with Gasteiger partial charge in [0.05, 0.1) is 6.33 Å². The first-order valence-electron chi connectivity index (χ1n) is 8.07. The molecular formula is C14H21ClN5O6P. The highest BCUT2D eigenvalue weighted by Gasteiger charge is 2.45. The Morgan fingerprint density at radius 2 is 2.04 bits per heavy atom. The van der Waals surface area contributed by atoms with Crippen molar-refractivity contribution in [3.05, 3.63) is 11.5 Å². The van der Waals surface area contributed by atoms with E-state index in [-0.39, 0.29) is 43.4 Å². The number of hydrogen-bond donors (Lipinski definition) is 3. The Labute approximate surface area is 160 Å². The van der Waals surface area contributed by atoms with Crippen molar-refractivity contribution in [1.29, 1.82) is 0 Å². The molecule has 0 aliphatic carbocycles. The van der Waals surface area contributed by atoms with Crippen molar-refractivity contribution in [2.24, 2.45) is 0 Å². The Kier molecular flexibility index (Phi) is 6.90. The maximum Gasteiger partial charge on any atom is 0.357 e. The Morgan fingerprint density at radius 3 is 2.59 bits per heavy atom. The number of fused-ring (bicyclic) bond motifs is 1. The molecule has 0 saturated heterocycles. The van der Waals surface area contributed by atoms with Crippen molar-refractivity contribution in [2.45, 2.75) is 45.7 Å². The van der Waals surface area contributed by atoms with E-state index in [0.29, 0.717) is 11.2 Å². The molecule has 0 bridgehead atoms. The van der Waals surface area contributed by atoms with Crippen molar-refractivity contribution in [3.63, 3.8) is 0 Å². The smallest absolute Gasteiger partial charge is 0.336 e. The summed E-state index contributed by atoms with van der Waals surface area (Å²) in [5.41, 5.74) is 0.646. The van der Waals surface area contributed by atoms with Crippen LogP contribution >= 0.6 is 19.2 Å². The summed E-state index contributed by atoms with van der Waals surface area (Å²) in [6.07, 6.45) is 1.68. The highest BCUT2D eigenvalue weighted by Crippen LogP contribution is 2.55. The molecule has 0 radical (unpaired) electrons. The molecule has 11 nitrogen and oxygen atoms in total. The zero-order valence-corrected chi connectivity index (χ0v) is 16.7. The van der Waals surface area contributed by atoms with E-state index in [0.717, 1.165) is 0 Å². The molecule has 2 rings (SSSR count). The average molecular weight is 422 g/mol. The summed E-state index contributed by atoms with van der Waals surface area (Å²) >= 11 is 6.04. The SMILES string of the molecule is CCC(CC)(OCOCn1cnc2c(Cl)nc(NC(C)=O)nc21)P(=O)(O)O. The van der Waals surface area contributed by atoms with Crippen LogP contribution in [-0.4, -0.2) is 47.3 Å². The number of nitrogens with one attached hydrogen (secondary N) is 1. The number of imidazole rings is 1. The average Bonchev–Trinajstić information content (AvgIpc) is 2.97. The van der Waals surface area contributed by atoms with Gasteiger partial charge >= 0.3 is 7.60 Å². The van der Waals surface area contributed by atoms with Gasteiger partial charge in [-0.1, -0.05) is 25.4 Å². The number of halogens is 1. The maximum atomic E-state index is 11.7. The molecule has 0 aromatic carbocycles. The normalized spacial score (nSPS) is 12.5. The first-order valence-corrected chi connectivity index (χ1v) is 10.1. The third-order valence-electron chi connectivity index (χ3n) is 3.99. The lowest BCUT2D eigenvalue weighted by Crippen LogP contribution is -2.32. The van der Waals surface area contributed by atoms with E-state index in [4.69, 9.17) is 21.1 Å². The summed E-state index contributed by atoms with van der Waals surface area (Å²) in [4.78, 5) is 42.4. The Bertz CT molecular complexity index is 865. The molecule has 13 heteroatoms. The van der Waals surface area contributed by atoms with Crippen molar-refractivity contribution in [1.82, 2.24) is 19.5 Å². The molecule has 0 unspecified atom stereocenters. The van der Waals surface area contributed by atoms with E-state index in [1.165, 1.54) is 17.8 Å². The third kappa shape index (κ3) is 4.81. The van der Waals surface area contributed by atoms with Crippen LogP contribution in [0.5, 0.6) is 0 Å². The Balaban J connectivity index is 2.10. The number of carbonyl (C=O) groups is 1. The van der Waals surface area contributed by atoms with Gasteiger partial charge in [0.2, 0.25) is 11.9 Å². The van der Waals surface area contributed by atoms with E-state index in [2.05, 4.69) is 20.3 Å². The van der Waals surface area contributed by atoms with Gasteiger partial charge < -0.3 is 19.3 Å². The molecule has 0 aliphatic heterocycles. The minimum Gasteiger partial charge on any atom is -0.336 e. The summed E-state index contributed by atoms with van der Waals surface area (Å²) in [7, 11) is -4.47. The molecule has 0 aliphatic rings. The quantitative estimate of drug-likeness (QED) is 0.239. The molecule has 2 heterocycles. The molecule has 1 amide bonds. The van der Waals surface area contributed by atoms with Gasteiger partial charge in [-0.2, -0.15) is 9.97 Å². The molecule has 150 valence electrons. The van der Waals surface area contributed by atoms with Crippen LogP contribution in [0, 0.1) is 0 Å². The number of carbonyl (C=O) groups excluding carboxylic acids is 1. The molecule has 27 heavy (non-hydrogen) atoms. The number of nitrogens with zero attached hydrogens (tertiary/aromatic N) is 4. The van der Waals surface area contributed by atoms with E-state index in [1.807, 2.05) is 0 Å². The van der Waals surface area contributed by atoms with Crippen LogP contribution in [0.25, 0.3) is 11.2 Å². The lowest BCUT2D eigenvalue weighted by Gasteiger charge is -2.31. The van der Waals surface area contributed by atoms with Crippen molar-refractivity contribution in [3.8, 4) is 0 Å². The van der Waals surface area contributed by atoms with Gasteiger partial charge in [0, 0.05) is 6.92 Å². The van der Waals surface area contributed by atoms with Crippen molar-refractivity contribution in [2.75, 3.05) is 12.1 Å². The zero-order chi connectivity index (χ0) is 20.2. The fraction of sp³-hybridized carbons (Fsp3) is 0.571. The molecule has 0 spiro atoms. The molecule has 2 aromatic rings. The van der Waals surface area contributed by atoms with Crippen LogP contribution in [0.1, 0.15) is 33.6 Å². The molecule has 3 N–H and O–H groups in total. The molecule has 0 atom stereocenters. The number of aromatic nitrogens is 4. The number of rotatable bonds is 9. The second-order valence-corrected chi connectivity index (χ2v) is 7.96. The number of anilines is 1. The fourth-order valence-corrected chi connectivity index (χ4v) is 3.71. The molecule has 0 saturated carbocycles. The van der Waals surface area contributed by atoms with Gasteiger partial charge in [0.15, 0.2) is 22.9 Å². The third-order valence-corrected chi connectivity index (χ3v) is 6.07. The van der Waals surface area contributed by atoms with Crippen LogP contribution < -0.4 is 5.32 Å². The first-order chi connectivity index (χ1) is 12.6. The molecular weight excluding hydrogens is 401 g/mol. The van der Waals surface area contributed by atoms with Crippen molar-refractivity contribution >= 4 is 42.2 Å². The predicted molar refractivity (Wildman–Crippen MR) is 97.0 cm³/mol. The standard InChI is InChI=1S/C14H21ClN5O6P/c1-4-14(5-2,27(22,23)24)26-8-25-7-20-6-16-10-11(15)18-13(17-9(3)21)19-12(10)20/h6H,4-5,7-8H2,1-3H3,(H2,22,23,24)(H,17,18,19,21). The van der Waals surface area contributed by atoms with Crippen molar-refractivity contribution < 1.29 is 28.6 Å². The van der Waals surface area contributed by atoms with Gasteiger partial charge in [0.1, 0.15) is 12.2 Å². The van der Waals surface area contributed by atoms with Gasteiger partial charge in [-0.3, -0.25) is 19.2 Å². The van der Waals surface area contributed by atoms with Gasteiger partial charge in [-0.15, -0.1) is 0 Å². The largest absolute Gasteiger partial charge is 0.357 e. The van der Waals surface area contributed by atoms with Crippen LogP contribution in [-0.2, 0) is 25.6 Å². The van der Waals surface area contributed by atoms with E-state index in [1.54, 1.807) is 13.8 Å². The Hall–Kier alpha value is -1.62. The first kappa shape index (κ1) is 21.7. The van der Waals surface area contributed by atoms with E-state index in [9.17, 15) is 19.1 Å². The second-order valence-electron chi connectivity index (χ2n) is 5.70. The summed E-state index contributed by atoms with van der Waals surface area (Å²) in [5, 5.41) is 0.912. The highest BCUT2D eigenvalue weighted by atomic mass is 35.5. The lowest BCUT2D eigenvalue weighted by molar-refractivity contribution is -0.133. The van der Waals surface area contributed by atoms with Gasteiger partial charge in [-0.25, -0.2) is 4.98 Å². The summed E-state index contributed by atoms with van der Waals surface area (Å²) in [6.45, 7) is 4.18. The van der Waals surface area contributed by atoms with Crippen LogP contribution in [0.15, 0.2) is 6.33 Å².